The third kappa shape index (κ3) is 6.61. The van der Waals surface area contributed by atoms with Crippen LogP contribution in [-0.4, -0.2) is 46.4 Å². The van der Waals surface area contributed by atoms with Crippen molar-refractivity contribution in [2.45, 2.75) is 62.8 Å². The van der Waals surface area contributed by atoms with Crippen LogP contribution in [0.25, 0.3) is 0 Å². The van der Waals surface area contributed by atoms with Crippen LogP contribution in [0.1, 0.15) is 44.1 Å². The van der Waals surface area contributed by atoms with Gasteiger partial charge in [-0.25, -0.2) is 0 Å². The van der Waals surface area contributed by atoms with Crippen LogP contribution >= 0.6 is 23.2 Å². The molecule has 1 saturated carbocycles. The molecule has 0 amide bonds. The summed E-state index contributed by atoms with van der Waals surface area (Å²) in [4.78, 5) is 11.7. The van der Waals surface area contributed by atoms with Crippen LogP contribution in [0.4, 0.5) is 0 Å². The van der Waals surface area contributed by atoms with Crippen molar-refractivity contribution in [1.82, 2.24) is 5.32 Å². The Balaban J connectivity index is 1.68. The van der Waals surface area contributed by atoms with Gasteiger partial charge >= 0.3 is 13.1 Å². The molecule has 1 aliphatic carbocycles. The third-order valence-electron chi connectivity index (χ3n) is 5.64. The van der Waals surface area contributed by atoms with Gasteiger partial charge in [0.15, 0.2) is 0 Å². The van der Waals surface area contributed by atoms with Crippen molar-refractivity contribution in [2.75, 3.05) is 6.54 Å². The molecule has 1 aliphatic rings. The number of nitrogens with one attached hydrogen (secondary N) is 1. The summed E-state index contributed by atoms with van der Waals surface area (Å²) in [5, 5.41) is 32.1. The van der Waals surface area contributed by atoms with Gasteiger partial charge in [0.1, 0.15) is 5.54 Å². The lowest BCUT2D eigenvalue weighted by Gasteiger charge is -2.45. The number of aryl methyl sites for hydroxylation is 1. The number of hydrogen-bond acceptors (Lipinski definition) is 5. The molecular weight excluding hydrogens is 402 g/mol. The van der Waals surface area contributed by atoms with E-state index < -0.39 is 18.6 Å². The smallest absolute Gasteiger partial charge is 0.451 e. The Morgan fingerprint density at radius 1 is 1.25 bits per heavy atom. The summed E-state index contributed by atoms with van der Waals surface area (Å²) in [5.74, 6) is -1.04. The molecular formula is C19H29BCl2N2O4. The van der Waals surface area contributed by atoms with E-state index in [9.17, 15) is 9.90 Å². The largest absolute Gasteiger partial charge is 0.480 e. The molecule has 0 heterocycles. The summed E-state index contributed by atoms with van der Waals surface area (Å²) in [7, 11) is -1.35. The molecule has 1 unspecified atom stereocenters. The molecule has 0 bridgehead atoms. The molecule has 9 heteroatoms. The van der Waals surface area contributed by atoms with E-state index in [4.69, 9.17) is 39.0 Å². The fourth-order valence-corrected chi connectivity index (χ4v) is 4.25. The molecule has 1 aromatic rings. The molecule has 156 valence electrons. The van der Waals surface area contributed by atoms with Crippen LogP contribution in [0.5, 0.6) is 0 Å². The summed E-state index contributed by atoms with van der Waals surface area (Å²) in [6.07, 6.45) is 4.97. The van der Waals surface area contributed by atoms with E-state index in [0.29, 0.717) is 29.3 Å². The number of nitrogens with two attached hydrogens (primary N) is 1. The van der Waals surface area contributed by atoms with Gasteiger partial charge in [-0.2, -0.15) is 0 Å². The van der Waals surface area contributed by atoms with Gasteiger partial charge < -0.3 is 26.2 Å². The maximum absolute atomic E-state index is 11.7. The monoisotopic (exact) mass is 430 g/mol. The maximum atomic E-state index is 11.7. The molecule has 0 aromatic heterocycles. The van der Waals surface area contributed by atoms with Crippen molar-refractivity contribution in [1.29, 1.82) is 0 Å². The zero-order chi connectivity index (χ0) is 20.7. The summed E-state index contributed by atoms with van der Waals surface area (Å²) < 4.78 is 0. The number of hydrogen-bond donors (Lipinski definition) is 5. The number of halogens is 2. The molecule has 1 atom stereocenters. The Bertz CT molecular complexity index is 659. The van der Waals surface area contributed by atoms with Gasteiger partial charge in [-0.05, 0) is 68.6 Å². The van der Waals surface area contributed by atoms with Crippen LogP contribution in [0.2, 0.25) is 16.4 Å². The van der Waals surface area contributed by atoms with Crippen molar-refractivity contribution in [3.8, 4) is 0 Å². The van der Waals surface area contributed by atoms with E-state index in [1.807, 2.05) is 12.1 Å². The Morgan fingerprint density at radius 2 is 1.96 bits per heavy atom. The second-order valence-electron chi connectivity index (χ2n) is 7.73. The molecule has 6 nitrogen and oxygen atoms in total. The lowest BCUT2D eigenvalue weighted by molar-refractivity contribution is -0.148. The first kappa shape index (κ1) is 23.5. The van der Waals surface area contributed by atoms with E-state index >= 15 is 0 Å². The lowest BCUT2D eigenvalue weighted by atomic mass is 9.66. The highest BCUT2D eigenvalue weighted by atomic mass is 35.5. The predicted molar refractivity (Wildman–Crippen MR) is 113 cm³/mol. The van der Waals surface area contributed by atoms with Gasteiger partial charge in [-0.1, -0.05) is 42.1 Å². The average Bonchev–Trinajstić information content (AvgIpc) is 2.58. The first-order valence-corrected chi connectivity index (χ1v) is 10.5. The number of carboxylic acid groups (broad SMARTS) is 1. The van der Waals surface area contributed by atoms with E-state index in [-0.39, 0.29) is 18.3 Å². The minimum Gasteiger partial charge on any atom is -0.480 e. The molecule has 0 saturated heterocycles. The minimum atomic E-state index is -1.35. The quantitative estimate of drug-likeness (QED) is 0.257. The molecule has 6 N–H and O–H groups in total. The van der Waals surface area contributed by atoms with E-state index in [1.165, 1.54) is 0 Å². The third-order valence-corrected chi connectivity index (χ3v) is 6.23. The molecule has 0 spiro atoms. The van der Waals surface area contributed by atoms with Crippen molar-refractivity contribution in [2.24, 2.45) is 11.7 Å². The highest BCUT2D eigenvalue weighted by Crippen LogP contribution is 2.38. The van der Waals surface area contributed by atoms with E-state index in [1.54, 1.807) is 6.07 Å². The van der Waals surface area contributed by atoms with Crippen LogP contribution in [0, 0.1) is 5.92 Å². The Labute approximate surface area is 176 Å². The van der Waals surface area contributed by atoms with Gasteiger partial charge in [-0.3, -0.25) is 4.79 Å². The number of carbonyl (C=O) groups is 1. The fraction of sp³-hybridized carbons (Fsp3) is 0.632. The molecule has 1 aromatic carbocycles. The number of unbranched alkanes of at least 4 members (excludes halogenated alkanes) is 1. The standard InChI is InChI=1S/C19H29BCl2N2O4/c21-15-6-5-13(17(22)12-15)4-3-9-24-16-10-14(11-16)19(23,18(25)26)7-1-2-8-20(27)28/h5-6,12,14,16,24,27-28H,1-4,7-11,23H2,(H,25,26)/t14-,16+,19?. The Morgan fingerprint density at radius 3 is 2.57 bits per heavy atom. The van der Waals surface area contributed by atoms with Crippen molar-refractivity contribution in [3.63, 3.8) is 0 Å². The Kier molecular flexibility index (Phi) is 9.05. The number of rotatable bonds is 12. The number of carboxylic acids is 1. The summed E-state index contributed by atoms with van der Waals surface area (Å²) in [6, 6.07) is 5.80. The average molecular weight is 431 g/mol. The second kappa shape index (κ2) is 10.8. The van der Waals surface area contributed by atoms with Gasteiger partial charge in [0.25, 0.3) is 0 Å². The zero-order valence-electron chi connectivity index (χ0n) is 15.9. The van der Waals surface area contributed by atoms with Crippen LogP contribution in [-0.2, 0) is 11.2 Å². The molecule has 28 heavy (non-hydrogen) atoms. The Hall–Kier alpha value is -0.825. The van der Waals surface area contributed by atoms with Crippen LogP contribution < -0.4 is 11.1 Å². The maximum Gasteiger partial charge on any atom is 0.451 e. The molecule has 0 radical (unpaired) electrons. The summed E-state index contributed by atoms with van der Waals surface area (Å²) in [5.41, 5.74) is 6.04. The predicted octanol–water partition coefficient (Wildman–Crippen LogP) is 2.72. The molecule has 0 aliphatic heterocycles. The summed E-state index contributed by atoms with van der Waals surface area (Å²) >= 11 is 12.1. The van der Waals surface area contributed by atoms with Gasteiger partial charge in [-0.15, -0.1) is 0 Å². The SMILES string of the molecule is NC(CCCCB(O)O)(C(=O)O)[C@H]1C[C@@H](NCCCc2ccc(Cl)cc2Cl)C1. The van der Waals surface area contributed by atoms with Crippen LogP contribution in [0.3, 0.4) is 0 Å². The van der Waals surface area contributed by atoms with Crippen molar-refractivity contribution >= 4 is 36.3 Å². The number of aliphatic carboxylic acids is 1. The molecule has 1 fully saturated rings. The second-order valence-corrected chi connectivity index (χ2v) is 8.57. The number of benzene rings is 1. The van der Waals surface area contributed by atoms with Crippen LogP contribution in [0.15, 0.2) is 18.2 Å². The minimum absolute atomic E-state index is 0.0627. The topological polar surface area (TPSA) is 116 Å². The van der Waals surface area contributed by atoms with Gasteiger partial charge in [0.2, 0.25) is 0 Å². The van der Waals surface area contributed by atoms with Crippen molar-refractivity contribution in [3.05, 3.63) is 33.8 Å². The first-order valence-electron chi connectivity index (χ1n) is 9.78. The van der Waals surface area contributed by atoms with E-state index in [2.05, 4.69) is 5.32 Å². The van der Waals surface area contributed by atoms with E-state index in [0.717, 1.165) is 37.8 Å². The normalized spacial score (nSPS) is 21.0. The highest BCUT2D eigenvalue weighted by molar-refractivity contribution is 6.40. The lowest BCUT2D eigenvalue weighted by Crippen LogP contribution is -2.61. The van der Waals surface area contributed by atoms with Gasteiger partial charge in [0.05, 0.1) is 0 Å². The molecule has 2 rings (SSSR count). The first-order chi connectivity index (χ1) is 13.2. The fourth-order valence-electron chi connectivity index (χ4n) is 3.74. The van der Waals surface area contributed by atoms with Crippen molar-refractivity contribution < 1.29 is 19.9 Å². The summed E-state index contributed by atoms with van der Waals surface area (Å²) in [6.45, 7) is 0.829. The highest BCUT2D eigenvalue weighted by Gasteiger charge is 2.47. The zero-order valence-corrected chi connectivity index (χ0v) is 17.4. The van der Waals surface area contributed by atoms with Gasteiger partial charge in [0, 0.05) is 16.1 Å².